The first kappa shape index (κ1) is 12.5. The lowest BCUT2D eigenvalue weighted by atomic mass is 10.0. The molecule has 0 amide bonds. The molecule has 0 radical (unpaired) electrons. The molecule has 0 N–H and O–H groups in total. The van der Waals surface area contributed by atoms with Crippen molar-refractivity contribution in [3.05, 3.63) is 72.4 Å². The molecule has 0 aromatic heterocycles. The lowest BCUT2D eigenvalue weighted by Crippen LogP contribution is -1.83. The summed E-state index contributed by atoms with van der Waals surface area (Å²) in [5.41, 5.74) is 2.60. The monoisotopic (exact) mass is 212 g/mol. The average molecular weight is 212 g/mol. The lowest BCUT2D eigenvalue weighted by Gasteiger charge is -2.02. The molecule has 84 valence electrons. The van der Waals surface area contributed by atoms with Crippen molar-refractivity contribution in [3.63, 3.8) is 0 Å². The Morgan fingerprint density at radius 3 is 3.06 bits per heavy atom. The van der Waals surface area contributed by atoms with Gasteiger partial charge in [0.15, 0.2) is 0 Å². The summed E-state index contributed by atoms with van der Waals surface area (Å²) in [7, 11) is 0. The molecule has 0 saturated carbocycles. The number of allylic oxidation sites excluding steroid dienone is 11. The van der Waals surface area contributed by atoms with E-state index in [1.54, 1.807) is 0 Å². The minimum atomic E-state index is 0.958. The summed E-state index contributed by atoms with van der Waals surface area (Å²) < 4.78 is 0. The third-order valence-corrected chi connectivity index (χ3v) is 2.35. The first-order chi connectivity index (χ1) is 7.83. The molecule has 1 aliphatic carbocycles. The summed E-state index contributed by atoms with van der Waals surface area (Å²) in [5, 5.41) is 0. The van der Waals surface area contributed by atoms with E-state index in [2.05, 4.69) is 49.1 Å². The zero-order valence-corrected chi connectivity index (χ0v) is 10.0. The molecule has 16 heavy (non-hydrogen) atoms. The molecule has 0 aromatic carbocycles. The van der Waals surface area contributed by atoms with Gasteiger partial charge in [-0.1, -0.05) is 66.8 Å². The highest BCUT2D eigenvalue weighted by Gasteiger charge is 1.96. The summed E-state index contributed by atoms with van der Waals surface area (Å²) in [4.78, 5) is 0. The highest BCUT2D eigenvalue weighted by molar-refractivity contribution is 5.31. The first-order valence-electron chi connectivity index (χ1n) is 5.79. The Kier molecular flexibility index (Phi) is 6.02. The van der Waals surface area contributed by atoms with E-state index < -0.39 is 0 Å². The molecule has 0 atom stereocenters. The van der Waals surface area contributed by atoms with Crippen molar-refractivity contribution in [3.8, 4) is 0 Å². The molecule has 0 heterocycles. The predicted octanol–water partition coefficient (Wildman–Crippen LogP) is 4.90. The van der Waals surface area contributed by atoms with Crippen LogP contribution in [-0.4, -0.2) is 0 Å². The van der Waals surface area contributed by atoms with Crippen molar-refractivity contribution < 1.29 is 0 Å². The molecule has 0 aliphatic heterocycles. The Labute approximate surface area is 99.1 Å². The highest BCUT2D eigenvalue weighted by Crippen LogP contribution is 2.16. The van der Waals surface area contributed by atoms with Crippen molar-refractivity contribution in [2.45, 2.75) is 26.2 Å². The molecule has 0 spiro atoms. The van der Waals surface area contributed by atoms with E-state index in [1.807, 2.05) is 19.1 Å². The van der Waals surface area contributed by atoms with Gasteiger partial charge in [-0.25, -0.2) is 0 Å². The van der Waals surface area contributed by atoms with Crippen LogP contribution >= 0.6 is 0 Å². The molecule has 1 aliphatic rings. The third-order valence-electron chi connectivity index (χ3n) is 2.35. The van der Waals surface area contributed by atoms with Gasteiger partial charge < -0.3 is 0 Å². The van der Waals surface area contributed by atoms with Gasteiger partial charge in [0.1, 0.15) is 0 Å². The number of hydrogen-bond acceptors (Lipinski definition) is 0. The Hall–Kier alpha value is -1.56. The van der Waals surface area contributed by atoms with Gasteiger partial charge >= 0.3 is 0 Å². The predicted molar refractivity (Wildman–Crippen MR) is 73.3 cm³/mol. The van der Waals surface area contributed by atoms with E-state index in [1.165, 1.54) is 11.1 Å². The molecule has 0 heteroatoms. The van der Waals surface area contributed by atoms with Crippen LogP contribution in [0.4, 0.5) is 0 Å². The van der Waals surface area contributed by atoms with Crippen LogP contribution in [0.25, 0.3) is 0 Å². The molecule has 0 fully saturated rings. The van der Waals surface area contributed by atoms with Crippen molar-refractivity contribution in [2.75, 3.05) is 0 Å². The smallest absolute Gasteiger partial charge is 0.00668 e. The Morgan fingerprint density at radius 1 is 1.38 bits per heavy atom. The first-order valence-corrected chi connectivity index (χ1v) is 5.79. The Bertz CT molecular complexity index is 359. The molecule has 0 nitrogen and oxygen atoms in total. The highest BCUT2D eigenvalue weighted by atomic mass is 14.0. The molecule has 0 saturated heterocycles. The Morgan fingerprint density at radius 2 is 2.25 bits per heavy atom. The van der Waals surface area contributed by atoms with E-state index in [0.29, 0.717) is 0 Å². The van der Waals surface area contributed by atoms with Crippen LogP contribution in [0.15, 0.2) is 72.4 Å². The second-order valence-corrected chi connectivity index (χ2v) is 3.89. The van der Waals surface area contributed by atoms with E-state index >= 15 is 0 Å². The molecular weight excluding hydrogens is 192 g/mol. The van der Waals surface area contributed by atoms with Crippen LogP contribution in [0.3, 0.4) is 0 Å². The van der Waals surface area contributed by atoms with Gasteiger partial charge in [0.2, 0.25) is 0 Å². The topological polar surface area (TPSA) is 0 Å². The minimum Gasteiger partial charge on any atom is -0.0992 e. The van der Waals surface area contributed by atoms with Crippen LogP contribution < -0.4 is 0 Å². The second-order valence-electron chi connectivity index (χ2n) is 3.89. The van der Waals surface area contributed by atoms with Gasteiger partial charge in [-0.15, -0.1) is 0 Å². The van der Waals surface area contributed by atoms with Crippen LogP contribution in [0, 0.1) is 0 Å². The van der Waals surface area contributed by atoms with Crippen molar-refractivity contribution in [1.29, 1.82) is 0 Å². The average Bonchev–Trinajstić information content (AvgIpc) is 2.53. The van der Waals surface area contributed by atoms with Gasteiger partial charge in [-0.2, -0.15) is 0 Å². The fourth-order valence-corrected chi connectivity index (χ4v) is 1.53. The maximum absolute atomic E-state index is 4.10. The van der Waals surface area contributed by atoms with Crippen LogP contribution in [0.2, 0.25) is 0 Å². The van der Waals surface area contributed by atoms with Crippen LogP contribution in [0.5, 0.6) is 0 Å². The Balaban J connectivity index is 2.39. The van der Waals surface area contributed by atoms with Crippen molar-refractivity contribution in [2.24, 2.45) is 0 Å². The fraction of sp³-hybridized carbons (Fsp3) is 0.250. The van der Waals surface area contributed by atoms with Gasteiger partial charge in [-0.3, -0.25) is 0 Å². The zero-order valence-electron chi connectivity index (χ0n) is 10.0. The second kappa shape index (κ2) is 7.70. The summed E-state index contributed by atoms with van der Waals surface area (Å²) in [5.74, 6) is 0. The van der Waals surface area contributed by atoms with Gasteiger partial charge in [0.05, 0.1) is 0 Å². The van der Waals surface area contributed by atoms with Crippen molar-refractivity contribution >= 4 is 0 Å². The van der Waals surface area contributed by atoms with Gasteiger partial charge in [-0.05, 0) is 31.8 Å². The van der Waals surface area contributed by atoms with E-state index in [-0.39, 0.29) is 0 Å². The normalized spacial score (nSPS) is 15.7. The fourth-order valence-electron chi connectivity index (χ4n) is 1.53. The SMILES string of the molecule is C=C(C/C=C\C=C/C)CC1=CC=CCC=C1. The molecule has 0 unspecified atom stereocenters. The number of hydrogen-bond donors (Lipinski definition) is 0. The van der Waals surface area contributed by atoms with Gasteiger partial charge in [0, 0.05) is 0 Å². The molecule has 0 bridgehead atoms. The standard InChI is InChI=1S/C16H20/c1-3-4-5-8-11-15(2)14-16-12-9-6-7-10-13-16/h3-6,8-10,12-13H,2,7,11,14H2,1H3/b4-3-,8-5-. The summed E-state index contributed by atoms with van der Waals surface area (Å²) in [6.45, 7) is 6.12. The summed E-state index contributed by atoms with van der Waals surface area (Å²) in [6.07, 6.45) is 22.1. The third kappa shape index (κ3) is 5.35. The molecular formula is C16H20. The van der Waals surface area contributed by atoms with Crippen molar-refractivity contribution in [1.82, 2.24) is 0 Å². The summed E-state index contributed by atoms with van der Waals surface area (Å²) in [6, 6.07) is 0. The molecule has 0 aromatic rings. The lowest BCUT2D eigenvalue weighted by molar-refractivity contribution is 1.08. The quantitative estimate of drug-likeness (QED) is 0.449. The van der Waals surface area contributed by atoms with Crippen LogP contribution in [-0.2, 0) is 0 Å². The van der Waals surface area contributed by atoms with E-state index in [4.69, 9.17) is 0 Å². The molecule has 1 rings (SSSR count). The van der Waals surface area contributed by atoms with E-state index in [9.17, 15) is 0 Å². The largest absolute Gasteiger partial charge is 0.0992 e. The van der Waals surface area contributed by atoms with Crippen LogP contribution in [0.1, 0.15) is 26.2 Å². The maximum atomic E-state index is 4.10. The maximum Gasteiger partial charge on any atom is -0.00668 e. The zero-order chi connectivity index (χ0) is 11.6. The minimum absolute atomic E-state index is 0.958. The number of rotatable bonds is 5. The summed E-state index contributed by atoms with van der Waals surface area (Å²) >= 11 is 0. The van der Waals surface area contributed by atoms with E-state index in [0.717, 1.165) is 19.3 Å². The van der Waals surface area contributed by atoms with Gasteiger partial charge in [0.25, 0.3) is 0 Å².